The molecule has 1 aromatic carbocycles. The van der Waals surface area contributed by atoms with Crippen LogP contribution in [0.3, 0.4) is 0 Å². The summed E-state index contributed by atoms with van der Waals surface area (Å²) < 4.78 is 0. The second kappa shape index (κ2) is 2.99. The van der Waals surface area contributed by atoms with E-state index in [1.165, 1.54) is 6.07 Å². The summed E-state index contributed by atoms with van der Waals surface area (Å²) in [5.41, 5.74) is 5.94. The molecule has 2 rings (SSSR count). The number of pyridine rings is 1. The van der Waals surface area contributed by atoms with Crippen molar-refractivity contribution in [1.29, 1.82) is 0 Å². The van der Waals surface area contributed by atoms with Crippen LogP contribution >= 0.6 is 0 Å². The van der Waals surface area contributed by atoms with Crippen LogP contribution in [0.4, 0.5) is 0 Å². The number of primary amides is 1. The number of aromatic nitrogens is 1. The van der Waals surface area contributed by atoms with Crippen LogP contribution in [0.25, 0.3) is 10.9 Å². The third-order valence-corrected chi connectivity index (χ3v) is 1.91. The molecule has 0 spiro atoms. The van der Waals surface area contributed by atoms with Gasteiger partial charge in [0, 0.05) is 11.5 Å². The van der Waals surface area contributed by atoms with Crippen LogP contribution in [0.5, 0.6) is 5.88 Å². The molecule has 1 radical (unpaired) electrons. The average Bonchev–Trinajstić information content (AvgIpc) is 2.16. The Morgan fingerprint density at radius 1 is 1.57 bits per heavy atom. The smallest absolute Gasteiger partial charge is 0.249 e. The molecule has 69 valence electrons. The number of rotatable bonds is 1. The second-order valence-corrected chi connectivity index (χ2v) is 2.84. The standard InChI is InChI=1S/C10H7N2O2/c11-10(14)7-5-9(13)12-8-4-2-1-3-6(7)8/h2-5H,(H2,11,14)(H,12,13). The molecule has 0 saturated heterocycles. The molecular formula is C10H7N2O2. The van der Waals surface area contributed by atoms with E-state index in [4.69, 9.17) is 5.73 Å². The molecule has 0 unspecified atom stereocenters. The lowest BCUT2D eigenvalue weighted by molar-refractivity contribution is 0.100. The molecule has 1 amide bonds. The summed E-state index contributed by atoms with van der Waals surface area (Å²) in [5, 5.41) is 9.83. The maximum absolute atomic E-state index is 11.0. The fraction of sp³-hybridized carbons (Fsp3) is 0. The van der Waals surface area contributed by atoms with Crippen LogP contribution in [-0.2, 0) is 0 Å². The number of benzene rings is 1. The Balaban J connectivity index is 2.87. The first kappa shape index (κ1) is 8.50. The maximum Gasteiger partial charge on any atom is 0.249 e. The number of aromatic hydroxyl groups is 1. The topological polar surface area (TPSA) is 76.2 Å². The van der Waals surface area contributed by atoms with Crippen molar-refractivity contribution >= 4 is 16.8 Å². The lowest BCUT2D eigenvalue weighted by Crippen LogP contribution is -2.11. The van der Waals surface area contributed by atoms with Gasteiger partial charge in [0.2, 0.25) is 11.8 Å². The average molecular weight is 187 g/mol. The minimum absolute atomic E-state index is 0.211. The van der Waals surface area contributed by atoms with Gasteiger partial charge in [-0.05, 0) is 18.2 Å². The van der Waals surface area contributed by atoms with E-state index in [9.17, 15) is 9.90 Å². The molecule has 0 fully saturated rings. The summed E-state index contributed by atoms with van der Waals surface area (Å²) in [7, 11) is 0. The van der Waals surface area contributed by atoms with Crippen molar-refractivity contribution in [1.82, 2.24) is 4.98 Å². The molecule has 1 aromatic heterocycles. The van der Waals surface area contributed by atoms with Crippen molar-refractivity contribution in [2.24, 2.45) is 5.73 Å². The molecule has 0 bridgehead atoms. The molecule has 0 aliphatic carbocycles. The molecule has 0 aliphatic heterocycles. The molecule has 0 atom stereocenters. The number of amides is 1. The molecule has 4 heteroatoms. The Morgan fingerprint density at radius 3 is 3.07 bits per heavy atom. The van der Waals surface area contributed by atoms with Gasteiger partial charge in [0.15, 0.2) is 0 Å². The summed E-state index contributed by atoms with van der Waals surface area (Å²) in [4.78, 5) is 14.9. The normalized spacial score (nSPS) is 10.3. The van der Waals surface area contributed by atoms with E-state index in [2.05, 4.69) is 11.1 Å². The van der Waals surface area contributed by atoms with Crippen molar-refractivity contribution < 1.29 is 9.90 Å². The minimum Gasteiger partial charge on any atom is -0.493 e. The van der Waals surface area contributed by atoms with Crippen molar-refractivity contribution in [2.75, 3.05) is 0 Å². The minimum atomic E-state index is -0.590. The van der Waals surface area contributed by atoms with Gasteiger partial charge in [-0.15, -0.1) is 0 Å². The van der Waals surface area contributed by atoms with Gasteiger partial charge < -0.3 is 10.8 Å². The molecule has 0 saturated carbocycles. The van der Waals surface area contributed by atoms with Crippen LogP contribution in [0, 0.1) is 6.07 Å². The Hall–Kier alpha value is -2.10. The molecule has 3 N–H and O–H groups in total. The largest absolute Gasteiger partial charge is 0.493 e. The third-order valence-electron chi connectivity index (χ3n) is 1.91. The fourth-order valence-corrected chi connectivity index (χ4v) is 1.30. The van der Waals surface area contributed by atoms with Crippen LogP contribution in [-0.4, -0.2) is 16.0 Å². The fourth-order valence-electron chi connectivity index (χ4n) is 1.30. The second-order valence-electron chi connectivity index (χ2n) is 2.84. The van der Waals surface area contributed by atoms with Gasteiger partial charge in [-0.1, -0.05) is 6.07 Å². The highest BCUT2D eigenvalue weighted by atomic mass is 16.3. The van der Waals surface area contributed by atoms with Gasteiger partial charge in [-0.3, -0.25) is 4.79 Å². The highest BCUT2D eigenvalue weighted by Gasteiger charge is 2.08. The Bertz CT molecular complexity index is 508. The molecule has 0 aliphatic rings. The van der Waals surface area contributed by atoms with E-state index in [-0.39, 0.29) is 11.4 Å². The monoisotopic (exact) mass is 187 g/mol. The van der Waals surface area contributed by atoms with Gasteiger partial charge in [0.25, 0.3) is 0 Å². The summed E-state index contributed by atoms with van der Waals surface area (Å²) in [6.07, 6.45) is 0. The van der Waals surface area contributed by atoms with Gasteiger partial charge in [0.05, 0.1) is 11.1 Å². The van der Waals surface area contributed by atoms with Crippen LogP contribution in [0.2, 0.25) is 0 Å². The summed E-state index contributed by atoms with van der Waals surface area (Å²) in [6, 6.07) is 8.99. The zero-order chi connectivity index (χ0) is 10.1. The summed E-state index contributed by atoms with van der Waals surface area (Å²) in [6.45, 7) is 0. The van der Waals surface area contributed by atoms with Gasteiger partial charge in [-0.25, -0.2) is 4.98 Å². The Morgan fingerprint density at radius 2 is 2.36 bits per heavy atom. The van der Waals surface area contributed by atoms with Crippen molar-refractivity contribution in [3.05, 3.63) is 35.9 Å². The van der Waals surface area contributed by atoms with E-state index in [0.29, 0.717) is 10.9 Å². The zero-order valence-electron chi connectivity index (χ0n) is 7.19. The first-order chi connectivity index (χ1) is 6.68. The number of carbonyl (C=O) groups excluding carboxylic acids is 1. The van der Waals surface area contributed by atoms with Crippen LogP contribution in [0.15, 0.2) is 24.3 Å². The van der Waals surface area contributed by atoms with Gasteiger partial charge in [0.1, 0.15) is 0 Å². The van der Waals surface area contributed by atoms with Crippen molar-refractivity contribution in [3.8, 4) is 5.88 Å². The number of nitrogens with two attached hydrogens (primary N) is 1. The van der Waals surface area contributed by atoms with E-state index in [0.717, 1.165) is 0 Å². The molecule has 1 heterocycles. The molecule has 14 heavy (non-hydrogen) atoms. The SMILES string of the molecule is NC(=O)c1cc(O)nc2cc[c]cc12. The number of fused-ring (bicyclic) bond motifs is 1. The molecular weight excluding hydrogens is 180 g/mol. The summed E-state index contributed by atoms with van der Waals surface area (Å²) >= 11 is 0. The number of carbonyl (C=O) groups is 1. The van der Waals surface area contributed by atoms with E-state index in [1.807, 2.05) is 0 Å². The van der Waals surface area contributed by atoms with Crippen molar-refractivity contribution in [2.45, 2.75) is 0 Å². The lowest BCUT2D eigenvalue weighted by Gasteiger charge is -2.02. The first-order valence-corrected chi connectivity index (χ1v) is 3.98. The Labute approximate surface area is 80.0 Å². The van der Waals surface area contributed by atoms with Crippen LogP contribution in [0.1, 0.15) is 10.4 Å². The van der Waals surface area contributed by atoms with Crippen molar-refractivity contribution in [3.63, 3.8) is 0 Å². The number of hydrogen-bond acceptors (Lipinski definition) is 3. The number of hydrogen-bond donors (Lipinski definition) is 2. The maximum atomic E-state index is 11.0. The molecule has 4 nitrogen and oxygen atoms in total. The number of nitrogens with zero attached hydrogens (tertiary/aromatic N) is 1. The van der Waals surface area contributed by atoms with E-state index >= 15 is 0 Å². The van der Waals surface area contributed by atoms with E-state index in [1.54, 1.807) is 18.2 Å². The lowest BCUT2D eigenvalue weighted by atomic mass is 10.1. The highest BCUT2D eigenvalue weighted by molar-refractivity contribution is 6.05. The predicted molar refractivity (Wildman–Crippen MR) is 50.8 cm³/mol. The predicted octanol–water partition coefficient (Wildman–Crippen LogP) is 0.839. The first-order valence-electron chi connectivity index (χ1n) is 3.98. The summed E-state index contributed by atoms with van der Waals surface area (Å²) in [5.74, 6) is -0.801. The van der Waals surface area contributed by atoms with Gasteiger partial charge in [-0.2, -0.15) is 0 Å². The van der Waals surface area contributed by atoms with Gasteiger partial charge >= 0.3 is 0 Å². The van der Waals surface area contributed by atoms with E-state index < -0.39 is 5.91 Å². The third kappa shape index (κ3) is 1.26. The quantitative estimate of drug-likeness (QED) is 0.694. The van der Waals surface area contributed by atoms with Crippen LogP contribution < -0.4 is 5.73 Å². The highest BCUT2D eigenvalue weighted by Crippen LogP contribution is 2.20. The molecule has 2 aromatic rings. The Kier molecular flexibility index (Phi) is 1.81. The zero-order valence-corrected chi connectivity index (χ0v) is 7.19.